The lowest BCUT2D eigenvalue weighted by Gasteiger charge is -2.22. The van der Waals surface area contributed by atoms with Crippen LogP contribution in [0, 0.1) is 19.7 Å². The van der Waals surface area contributed by atoms with Crippen LogP contribution in [-0.2, 0) is 5.41 Å². The van der Waals surface area contributed by atoms with Crippen LogP contribution in [0.5, 0.6) is 5.75 Å². The van der Waals surface area contributed by atoms with Gasteiger partial charge >= 0.3 is 0 Å². The van der Waals surface area contributed by atoms with Gasteiger partial charge in [-0.05, 0) is 48.1 Å². The average molecular weight is 304 g/mol. The summed E-state index contributed by atoms with van der Waals surface area (Å²) < 4.78 is 14.0. The van der Waals surface area contributed by atoms with Crippen molar-refractivity contribution in [3.05, 3.63) is 52.8 Å². The molecule has 0 bridgehead atoms. The van der Waals surface area contributed by atoms with Crippen molar-refractivity contribution < 1.29 is 9.50 Å². The zero-order valence-corrected chi connectivity index (χ0v) is 14.2. The highest BCUT2D eigenvalue weighted by Gasteiger charge is 2.18. The summed E-state index contributed by atoms with van der Waals surface area (Å²) in [7, 11) is 0.120. The molecule has 0 spiro atoms. The molecule has 1 nitrogen and oxygen atoms in total. The monoisotopic (exact) mass is 304 g/mol. The van der Waals surface area contributed by atoms with E-state index in [9.17, 15) is 9.50 Å². The van der Waals surface area contributed by atoms with Crippen LogP contribution in [0.4, 0.5) is 4.39 Å². The largest absolute Gasteiger partial charge is 0.507 e. The standard InChI is InChI=1S/C18H22FOP/c1-11-7-6-8-14(19)17(11)21-15-10-13(18(3,4)5)9-12(2)16(15)20/h6-10,20-21H,1-5H3. The van der Waals surface area contributed by atoms with E-state index in [1.54, 1.807) is 6.07 Å². The van der Waals surface area contributed by atoms with Gasteiger partial charge in [0.1, 0.15) is 11.6 Å². The maximum atomic E-state index is 14.0. The molecule has 0 aromatic heterocycles. The van der Waals surface area contributed by atoms with Crippen LogP contribution in [0.15, 0.2) is 30.3 Å². The molecular formula is C18H22FOP. The zero-order chi connectivity index (χ0) is 15.8. The SMILES string of the molecule is Cc1cc(C(C)(C)C)cc(Pc2c(C)cccc2F)c1O. The summed E-state index contributed by atoms with van der Waals surface area (Å²) in [6.07, 6.45) is 0. The topological polar surface area (TPSA) is 20.2 Å². The lowest BCUT2D eigenvalue weighted by Crippen LogP contribution is -2.17. The second-order valence-electron chi connectivity index (χ2n) is 6.50. The molecule has 0 saturated heterocycles. The van der Waals surface area contributed by atoms with Gasteiger partial charge in [-0.2, -0.15) is 0 Å². The number of aryl methyl sites for hydroxylation is 2. The minimum Gasteiger partial charge on any atom is -0.507 e. The van der Waals surface area contributed by atoms with E-state index in [0.717, 1.165) is 22.0 Å². The van der Waals surface area contributed by atoms with E-state index < -0.39 is 0 Å². The van der Waals surface area contributed by atoms with Gasteiger partial charge in [-0.1, -0.05) is 47.6 Å². The highest BCUT2D eigenvalue weighted by atomic mass is 31.1. The molecule has 2 aromatic rings. The fraction of sp³-hybridized carbons (Fsp3) is 0.333. The van der Waals surface area contributed by atoms with Gasteiger partial charge in [0.2, 0.25) is 0 Å². The third kappa shape index (κ3) is 3.44. The van der Waals surface area contributed by atoms with Crippen LogP contribution < -0.4 is 10.6 Å². The molecule has 0 aliphatic rings. The molecule has 2 aromatic carbocycles. The summed E-state index contributed by atoms with van der Waals surface area (Å²) in [5.41, 5.74) is 2.93. The molecular weight excluding hydrogens is 282 g/mol. The summed E-state index contributed by atoms with van der Waals surface area (Å²) in [4.78, 5) is 0. The Morgan fingerprint density at radius 2 is 1.71 bits per heavy atom. The van der Waals surface area contributed by atoms with E-state index in [-0.39, 0.29) is 25.6 Å². The molecule has 0 amide bonds. The van der Waals surface area contributed by atoms with Gasteiger partial charge in [0.15, 0.2) is 0 Å². The Labute approximate surface area is 128 Å². The Kier molecular flexibility index (Phi) is 4.39. The predicted molar refractivity (Wildman–Crippen MR) is 90.3 cm³/mol. The number of halogens is 1. The number of aromatic hydroxyl groups is 1. The lowest BCUT2D eigenvalue weighted by atomic mass is 9.86. The highest BCUT2D eigenvalue weighted by molar-refractivity contribution is 7.55. The van der Waals surface area contributed by atoms with Gasteiger partial charge in [-0.3, -0.25) is 0 Å². The first-order valence-electron chi connectivity index (χ1n) is 7.06. The van der Waals surface area contributed by atoms with Gasteiger partial charge in [-0.15, -0.1) is 0 Å². The van der Waals surface area contributed by atoms with Crippen molar-refractivity contribution in [2.75, 3.05) is 0 Å². The Bertz CT molecular complexity index is 651. The molecule has 21 heavy (non-hydrogen) atoms. The highest BCUT2D eigenvalue weighted by Crippen LogP contribution is 2.30. The fourth-order valence-corrected chi connectivity index (χ4v) is 3.53. The van der Waals surface area contributed by atoms with Crippen molar-refractivity contribution in [3.63, 3.8) is 0 Å². The van der Waals surface area contributed by atoms with E-state index >= 15 is 0 Å². The minimum atomic E-state index is -0.202. The molecule has 1 unspecified atom stereocenters. The van der Waals surface area contributed by atoms with Gasteiger partial charge in [0.25, 0.3) is 0 Å². The van der Waals surface area contributed by atoms with Crippen LogP contribution in [0.1, 0.15) is 37.5 Å². The number of hydrogen-bond donors (Lipinski definition) is 1. The smallest absolute Gasteiger partial charge is 0.131 e. The Hall–Kier alpha value is -1.40. The van der Waals surface area contributed by atoms with E-state index in [1.807, 2.05) is 32.0 Å². The first-order chi connectivity index (χ1) is 9.70. The Morgan fingerprint density at radius 1 is 1.05 bits per heavy atom. The molecule has 112 valence electrons. The van der Waals surface area contributed by atoms with Gasteiger partial charge in [0, 0.05) is 10.6 Å². The summed E-state index contributed by atoms with van der Waals surface area (Å²) in [5.74, 6) is 0.0792. The minimum absolute atomic E-state index is 0.00195. The molecule has 0 fully saturated rings. The summed E-state index contributed by atoms with van der Waals surface area (Å²) >= 11 is 0. The number of rotatable bonds is 2. The summed E-state index contributed by atoms with van der Waals surface area (Å²) in [6.45, 7) is 10.2. The first kappa shape index (κ1) is 16.0. The molecule has 0 radical (unpaired) electrons. The molecule has 0 saturated carbocycles. The normalized spacial score (nSPS) is 12.3. The molecule has 0 heterocycles. The summed E-state index contributed by atoms with van der Waals surface area (Å²) in [6, 6.07) is 9.12. The van der Waals surface area contributed by atoms with E-state index in [4.69, 9.17) is 0 Å². The Balaban J connectivity index is 2.52. The predicted octanol–water partition coefficient (Wildman–Crippen LogP) is 4.07. The van der Waals surface area contributed by atoms with Gasteiger partial charge < -0.3 is 5.11 Å². The van der Waals surface area contributed by atoms with Crippen molar-refractivity contribution >= 4 is 19.2 Å². The third-order valence-electron chi connectivity index (χ3n) is 3.65. The van der Waals surface area contributed by atoms with Gasteiger partial charge in [0.05, 0.1) is 0 Å². The molecule has 1 atom stereocenters. The molecule has 1 N–H and O–H groups in total. The second-order valence-corrected chi connectivity index (χ2v) is 7.78. The van der Waals surface area contributed by atoms with Crippen molar-refractivity contribution in [2.24, 2.45) is 0 Å². The van der Waals surface area contributed by atoms with Crippen LogP contribution in [0.3, 0.4) is 0 Å². The van der Waals surface area contributed by atoms with Crippen LogP contribution in [0.25, 0.3) is 0 Å². The average Bonchev–Trinajstić information content (AvgIpc) is 2.37. The fourth-order valence-electron chi connectivity index (χ4n) is 2.23. The van der Waals surface area contributed by atoms with Crippen molar-refractivity contribution in [3.8, 4) is 5.75 Å². The van der Waals surface area contributed by atoms with Crippen molar-refractivity contribution in [1.82, 2.24) is 0 Å². The van der Waals surface area contributed by atoms with Crippen molar-refractivity contribution in [1.29, 1.82) is 0 Å². The van der Waals surface area contributed by atoms with E-state index in [0.29, 0.717) is 5.30 Å². The van der Waals surface area contributed by atoms with Crippen LogP contribution in [0.2, 0.25) is 0 Å². The van der Waals surface area contributed by atoms with Crippen molar-refractivity contribution in [2.45, 2.75) is 40.0 Å². The van der Waals surface area contributed by atoms with E-state index in [2.05, 4.69) is 20.8 Å². The molecule has 3 heteroatoms. The molecule has 2 rings (SSSR count). The third-order valence-corrected chi connectivity index (χ3v) is 5.18. The number of phenolic OH excluding ortho intramolecular Hbond substituents is 1. The number of benzene rings is 2. The van der Waals surface area contributed by atoms with Crippen LogP contribution in [-0.4, -0.2) is 5.11 Å². The first-order valence-corrected chi connectivity index (χ1v) is 8.06. The van der Waals surface area contributed by atoms with E-state index in [1.165, 1.54) is 6.07 Å². The number of phenols is 1. The summed E-state index contributed by atoms with van der Waals surface area (Å²) in [5, 5.41) is 11.8. The molecule has 0 aliphatic heterocycles. The molecule has 0 aliphatic carbocycles. The van der Waals surface area contributed by atoms with Gasteiger partial charge in [-0.25, -0.2) is 4.39 Å². The maximum absolute atomic E-state index is 14.0. The number of hydrogen-bond acceptors (Lipinski definition) is 1. The second kappa shape index (κ2) is 5.77. The quantitative estimate of drug-likeness (QED) is 0.829. The maximum Gasteiger partial charge on any atom is 0.131 e. The lowest BCUT2D eigenvalue weighted by molar-refractivity contribution is 0.474. The Morgan fingerprint density at radius 3 is 2.29 bits per heavy atom. The zero-order valence-electron chi connectivity index (χ0n) is 13.2. The van der Waals surface area contributed by atoms with Crippen LogP contribution >= 0.6 is 8.58 Å².